The predicted octanol–water partition coefficient (Wildman–Crippen LogP) is 3.73. The highest BCUT2D eigenvalue weighted by atomic mass is 79.9. The number of benzene rings is 1. The van der Waals surface area contributed by atoms with Crippen LogP contribution in [0.5, 0.6) is 0 Å². The molecular weight excluding hydrogens is 262 g/mol. The molecule has 0 spiro atoms. The zero-order valence-electron chi connectivity index (χ0n) is 10.1. The van der Waals surface area contributed by atoms with Crippen LogP contribution in [0.1, 0.15) is 32.3 Å². The summed E-state index contributed by atoms with van der Waals surface area (Å²) in [7, 11) is 0. The Morgan fingerprint density at radius 3 is 2.81 bits per heavy atom. The van der Waals surface area contributed by atoms with Crippen LogP contribution in [0.3, 0.4) is 0 Å². The highest BCUT2D eigenvalue weighted by Gasteiger charge is 2.32. The largest absolute Gasteiger partial charge is 0.316 e. The molecule has 0 radical (unpaired) electrons. The summed E-state index contributed by atoms with van der Waals surface area (Å²) in [5.74, 6) is 0.746. The summed E-state index contributed by atoms with van der Waals surface area (Å²) in [6.45, 7) is 7.07. The first-order valence-corrected chi connectivity index (χ1v) is 6.87. The summed E-state index contributed by atoms with van der Waals surface area (Å²) in [5, 5.41) is 3.51. The molecule has 1 aliphatic rings. The van der Waals surface area contributed by atoms with Crippen LogP contribution in [-0.2, 0) is 5.41 Å². The Balaban J connectivity index is 2.22. The van der Waals surface area contributed by atoms with E-state index >= 15 is 0 Å². The van der Waals surface area contributed by atoms with Gasteiger partial charge in [0.05, 0.1) is 0 Å². The number of hydrogen-bond donors (Lipinski definition) is 1. The van der Waals surface area contributed by atoms with Gasteiger partial charge in [0.1, 0.15) is 0 Å². The van der Waals surface area contributed by atoms with Crippen LogP contribution in [-0.4, -0.2) is 13.1 Å². The van der Waals surface area contributed by atoms with Crippen LogP contribution < -0.4 is 5.32 Å². The Morgan fingerprint density at radius 1 is 1.38 bits per heavy atom. The van der Waals surface area contributed by atoms with E-state index in [2.05, 4.69) is 59.4 Å². The number of piperidine rings is 1. The average molecular weight is 282 g/mol. The zero-order chi connectivity index (χ0) is 11.6. The van der Waals surface area contributed by atoms with Crippen molar-refractivity contribution < 1.29 is 0 Å². The van der Waals surface area contributed by atoms with Gasteiger partial charge in [-0.05, 0) is 55.0 Å². The van der Waals surface area contributed by atoms with Crippen molar-refractivity contribution >= 4 is 15.9 Å². The quantitative estimate of drug-likeness (QED) is 0.871. The van der Waals surface area contributed by atoms with Crippen LogP contribution in [0.2, 0.25) is 0 Å². The summed E-state index contributed by atoms with van der Waals surface area (Å²) in [6, 6.07) is 8.74. The molecule has 1 saturated heterocycles. The highest BCUT2D eigenvalue weighted by molar-refractivity contribution is 9.10. The molecule has 1 aromatic rings. The molecule has 0 saturated carbocycles. The third-order valence-corrected chi connectivity index (χ3v) is 4.38. The predicted molar refractivity (Wildman–Crippen MR) is 72.8 cm³/mol. The van der Waals surface area contributed by atoms with Crippen molar-refractivity contribution in [2.75, 3.05) is 13.1 Å². The van der Waals surface area contributed by atoms with Gasteiger partial charge in [-0.25, -0.2) is 0 Å². The molecule has 2 heteroatoms. The molecular formula is C14H20BrN. The Bertz CT molecular complexity index is 354. The fraction of sp³-hybridized carbons (Fsp3) is 0.571. The second kappa shape index (κ2) is 4.89. The van der Waals surface area contributed by atoms with Crippen molar-refractivity contribution in [2.24, 2.45) is 5.92 Å². The monoisotopic (exact) mass is 281 g/mol. The van der Waals surface area contributed by atoms with Crippen molar-refractivity contribution in [3.8, 4) is 0 Å². The van der Waals surface area contributed by atoms with Gasteiger partial charge in [-0.15, -0.1) is 0 Å². The van der Waals surface area contributed by atoms with E-state index in [9.17, 15) is 0 Å². The van der Waals surface area contributed by atoms with Crippen LogP contribution in [0, 0.1) is 5.92 Å². The van der Waals surface area contributed by atoms with Crippen LogP contribution in [0.15, 0.2) is 28.7 Å². The molecule has 2 rings (SSSR count). The van der Waals surface area contributed by atoms with E-state index in [0.717, 1.165) is 12.5 Å². The van der Waals surface area contributed by atoms with Crippen molar-refractivity contribution in [2.45, 2.75) is 32.1 Å². The van der Waals surface area contributed by atoms with Crippen molar-refractivity contribution in [1.82, 2.24) is 5.32 Å². The third kappa shape index (κ3) is 2.49. The van der Waals surface area contributed by atoms with E-state index in [1.54, 1.807) is 0 Å². The maximum Gasteiger partial charge on any atom is 0.0178 e. The molecule has 88 valence electrons. The van der Waals surface area contributed by atoms with Crippen molar-refractivity contribution in [3.05, 3.63) is 34.3 Å². The molecule has 1 fully saturated rings. The molecule has 1 aromatic carbocycles. The van der Waals surface area contributed by atoms with Gasteiger partial charge < -0.3 is 5.32 Å². The molecule has 1 N–H and O–H groups in total. The Labute approximate surface area is 107 Å². The van der Waals surface area contributed by atoms with E-state index in [0.29, 0.717) is 0 Å². The lowest BCUT2D eigenvalue weighted by atomic mass is 9.70. The molecule has 0 aromatic heterocycles. The van der Waals surface area contributed by atoms with Gasteiger partial charge in [-0.2, -0.15) is 0 Å². The summed E-state index contributed by atoms with van der Waals surface area (Å²) in [5.41, 5.74) is 1.70. The van der Waals surface area contributed by atoms with Crippen LogP contribution >= 0.6 is 15.9 Å². The number of hydrogen-bond acceptors (Lipinski definition) is 1. The fourth-order valence-corrected chi connectivity index (χ4v) is 2.99. The van der Waals surface area contributed by atoms with Crippen LogP contribution in [0.25, 0.3) is 0 Å². The van der Waals surface area contributed by atoms with E-state index in [1.807, 2.05) is 0 Å². The first kappa shape index (κ1) is 12.1. The lowest BCUT2D eigenvalue weighted by Crippen LogP contribution is -2.40. The molecule has 0 bridgehead atoms. The molecule has 1 heterocycles. The number of halogens is 1. The Kier molecular flexibility index (Phi) is 3.70. The lowest BCUT2D eigenvalue weighted by molar-refractivity contribution is 0.252. The SMILES string of the molecule is CC(C)(c1cccc(Br)c1)C1CCCNC1. The van der Waals surface area contributed by atoms with Gasteiger partial charge in [0, 0.05) is 4.47 Å². The molecule has 0 amide bonds. The highest BCUT2D eigenvalue weighted by Crippen LogP contribution is 2.36. The van der Waals surface area contributed by atoms with Gasteiger partial charge in [0.25, 0.3) is 0 Å². The summed E-state index contributed by atoms with van der Waals surface area (Å²) < 4.78 is 1.18. The minimum atomic E-state index is 0.261. The first-order chi connectivity index (χ1) is 7.60. The number of nitrogens with one attached hydrogen (secondary N) is 1. The average Bonchev–Trinajstić information content (AvgIpc) is 2.30. The van der Waals surface area contributed by atoms with E-state index in [1.165, 1.54) is 29.4 Å². The first-order valence-electron chi connectivity index (χ1n) is 6.07. The molecule has 1 unspecified atom stereocenters. The smallest absolute Gasteiger partial charge is 0.0178 e. The minimum Gasteiger partial charge on any atom is -0.316 e. The summed E-state index contributed by atoms with van der Waals surface area (Å²) in [4.78, 5) is 0. The second-order valence-corrected chi connectivity index (χ2v) is 6.19. The van der Waals surface area contributed by atoms with E-state index in [4.69, 9.17) is 0 Å². The molecule has 16 heavy (non-hydrogen) atoms. The fourth-order valence-electron chi connectivity index (χ4n) is 2.59. The van der Waals surface area contributed by atoms with Gasteiger partial charge in [0.15, 0.2) is 0 Å². The minimum absolute atomic E-state index is 0.261. The normalized spacial score (nSPS) is 22.1. The zero-order valence-corrected chi connectivity index (χ0v) is 11.7. The van der Waals surface area contributed by atoms with Crippen molar-refractivity contribution in [3.63, 3.8) is 0 Å². The van der Waals surface area contributed by atoms with Crippen LogP contribution in [0.4, 0.5) is 0 Å². The molecule has 0 aliphatic carbocycles. The van der Waals surface area contributed by atoms with E-state index < -0.39 is 0 Å². The lowest BCUT2D eigenvalue weighted by Gasteiger charge is -2.38. The molecule has 1 aliphatic heterocycles. The Morgan fingerprint density at radius 2 is 2.19 bits per heavy atom. The molecule has 1 atom stereocenters. The maximum atomic E-state index is 3.56. The topological polar surface area (TPSA) is 12.0 Å². The van der Waals surface area contributed by atoms with Gasteiger partial charge in [0.2, 0.25) is 0 Å². The van der Waals surface area contributed by atoms with Gasteiger partial charge in [-0.3, -0.25) is 0 Å². The maximum absolute atomic E-state index is 3.56. The van der Waals surface area contributed by atoms with E-state index in [-0.39, 0.29) is 5.41 Å². The second-order valence-electron chi connectivity index (χ2n) is 5.28. The van der Waals surface area contributed by atoms with Crippen molar-refractivity contribution in [1.29, 1.82) is 0 Å². The number of rotatable bonds is 2. The van der Waals surface area contributed by atoms with Gasteiger partial charge in [-0.1, -0.05) is 41.9 Å². The third-order valence-electron chi connectivity index (χ3n) is 3.89. The van der Waals surface area contributed by atoms with Gasteiger partial charge >= 0.3 is 0 Å². The summed E-state index contributed by atoms with van der Waals surface area (Å²) >= 11 is 3.56. The molecule has 1 nitrogen and oxygen atoms in total. The standard InChI is InChI=1S/C14H20BrN/c1-14(2,12-6-4-8-16-10-12)11-5-3-7-13(15)9-11/h3,5,7,9,12,16H,4,6,8,10H2,1-2H3. The summed E-state index contributed by atoms with van der Waals surface area (Å²) in [6.07, 6.45) is 2.65. The Hall–Kier alpha value is -0.340.